The Hall–Kier alpha value is -0.970. The zero-order chi connectivity index (χ0) is 9.80. The van der Waals surface area contributed by atoms with E-state index in [-0.39, 0.29) is 0 Å². The van der Waals surface area contributed by atoms with Gasteiger partial charge in [-0.05, 0) is 24.7 Å². The average Bonchev–Trinajstić information content (AvgIpc) is 2.19. The van der Waals surface area contributed by atoms with Crippen molar-refractivity contribution in [1.82, 2.24) is 9.97 Å². The molecule has 1 aromatic rings. The van der Waals surface area contributed by atoms with Gasteiger partial charge in [-0.25, -0.2) is 4.98 Å². The Morgan fingerprint density at radius 1 is 1.57 bits per heavy atom. The number of nitrogens with two attached hydrogens (primary N) is 1. The Labute approximate surface area is 87.7 Å². The predicted molar refractivity (Wildman–Crippen MR) is 60.4 cm³/mol. The van der Waals surface area contributed by atoms with Crippen LogP contribution in [-0.4, -0.2) is 27.5 Å². The van der Waals surface area contributed by atoms with E-state index in [0.717, 1.165) is 5.75 Å². The summed E-state index contributed by atoms with van der Waals surface area (Å²) in [4.78, 5) is 8.24. The van der Waals surface area contributed by atoms with E-state index >= 15 is 0 Å². The SMILES string of the molecule is Nc1ccnc(NC2CCCSC2)n1. The molecular formula is C9H14N4S. The van der Waals surface area contributed by atoms with Gasteiger partial charge in [0.1, 0.15) is 5.82 Å². The molecule has 0 spiro atoms. The highest BCUT2D eigenvalue weighted by atomic mass is 32.2. The van der Waals surface area contributed by atoms with Crippen LogP contribution in [0.5, 0.6) is 0 Å². The van der Waals surface area contributed by atoms with Crippen LogP contribution in [0.3, 0.4) is 0 Å². The van der Waals surface area contributed by atoms with Crippen molar-refractivity contribution in [3.8, 4) is 0 Å². The summed E-state index contributed by atoms with van der Waals surface area (Å²) in [6.45, 7) is 0. The van der Waals surface area contributed by atoms with Crippen LogP contribution in [-0.2, 0) is 0 Å². The molecule has 3 N–H and O–H groups in total. The van der Waals surface area contributed by atoms with E-state index < -0.39 is 0 Å². The Bertz CT molecular complexity index is 299. The lowest BCUT2D eigenvalue weighted by Crippen LogP contribution is -2.26. The molecule has 1 fully saturated rings. The summed E-state index contributed by atoms with van der Waals surface area (Å²) in [7, 11) is 0. The quantitative estimate of drug-likeness (QED) is 0.771. The number of anilines is 2. The zero-order valence-electron chi connectivity index (χ0n) is 7.94. The maximum atomic E-state index is 5.57. The Morgan fingerprint density at radius 3 is 3.21 bits per heavy atom. The highest BCUT2D eigenvalue weighted by Crippen LogP contribution is 2.19. The maximum Gasteiger partial charge on any atom is 0.224 e. The molecule has 14 heavy (non-hydrogen) atoms. The van der Waals surface area contributed by atoms with Crippen molar-refractivity contribution in [2.75, 3.05) is 22.6 Å². The van der Waals surface area contributed by atoms with Crippen LogP contribution in [0.1, 0.15) is 12.8 Å². The summed E-state index contributed by atoms with van der Waals surface area (Å²) < 4.78 is 0. The molecule has 1 aliphatic heterocycles. The van der Waals surface area contributed by atoms with E-state index in [1.54, 1.807) is 12.3 Å². The second kappa shape index (κ2) is 4.50. The van der Waals surface area contributed by atoms with Crippen LogP contribution in [0.15, 0.2) is 12.3 Å². The molecule has 0 saturated carbocycles. The van der Waals surface area contributed by atoms with Crippen molar-refractivity contribution in [2.45, 2.75) is 18.9 Å². The molecule has 1 unspecified atom stereocenters. The molecule has 2 rings (SSSR count). The van der Waals surface area contributed by atoms with Gasteiger partial charge in [0.2, 0.25) is 5.95 Å². The first-order valence-electron chi connectivity index (χ1n) is 4.77. The van der Waals surface area contributed by atoms with Crippen molar-refractivity contribution in [3.63, 3.8) is 0 Å². The zero-order valence-corrected chi connectivity index (χ0v) is 8.76. The minimum Gasteiger partial charge on any atom is -0.384 e. The second-order valence-electron chi connectivity index (χ2n) is 3.36. The van der Waals surface area contributed by atoms with E-state index in [4.69, 9.17) is 5.73 Å². The highest BCUT2D eigenvalue weighted by molar-refractivity contribution is 7.99. The number of nitrogen functional groups attached to an aromatic ring is 1. The van der Waals surface area contributed by atoms with Gasteiger partial charge in [0, 0.05) is 18.0 Å². The molecule has 1 aliphatic rings. The van der Waals surface area contributed by atoms with Crippen LogP contribution in [0.25, 0.3) is 0 Å². The van der Waals surface area contributed by atoms with Gasteiger partial charge in [-0.2, -0.15) is 16.7 Å². The fourth-order valence-electron chi connectivity index (χ4n) is 1.48. The van der Waals surface area contributed by atoms with Gasteiger partial charge in [0.25, 0.3) is 0 Å². The van der Waals surface area contributed by atoms with Crippen molar-refractivity contribution < 1.29 is 0 Å². The van der Waals surface area contributed by atoms with E-state index in [0.29, 0.717) is 17.8 Å². The molecule has 0 bridgehead atoms. The van der Waals surface area contributed by atoms with Crippen molar-refractivity contribution in [1.29, 1.82) is 0 Å². The first-order chi connectivity index (χ1) is 6.84. The third kappa shape index (κ3) is 2.51. The van der Waals surface area contributed by atoms with Gasteiger partial charge in [-0.15, -0.1) is 0 Å². The summed E-state index contributed by atoms with van der Waals surface area (Å²) in [5, 5.41) is 3.30. The summed E-state index contributed by atoms with van der Waals surface area (Å²) in [5.74, 6) is 3.58. The minimum atomic E-state index is 0.496. The topological polar surface area (TPSA) is 63.8 Å². The van der Waals surface area contributed by atoms with Gasteiger partial charge < -0.3 is 11.1 Å². The molecular weight excluding hydrogens is 196 g/mol. The first-order valence-corrected chi connectivity index (χ1v) is 5.93. The lowest BCUT2D eigenvalue weighted by molar-refractivity contribution is 0.679. The molecule has 1 atom stereocenters. The van der Waals surface area contributed by atoms with E-state index in [9.17, 15) is 0 Å². The van der Waals surface area contributed by atoms with Gasteiger partial charge in [0.15, 0.2) is 0 Å². The van der Waals surface area contributed by atoms with E-state index in [2.05, 4.69) is 15.3 Å². The summed E-state index contributed by atoms with van der Waals surface area (Å²) >= 11 is 1.98. The fraction of sp³-hybridized carbons (Fsp3) is 0.556. The predicted octanol–water partition coefficient (Wildman–Crippen LogP) is 1.37. The molecule has 5 heteroatoms. The minimum absolute atomic E-state index is 0.496. The number of hydrogen-bond donors (Lipinski definition) is 2. The average molecular weight is 210 g/mol. The van der Waals surface area contributed by atoms with E-state index in [1.165, 1.54) is 18.6 Å². The monoisotopic (exact) mass is 210 g/mol. The molecule has 0 radical (unpaired) electrons. The number of rotatable bonds is 2. The fourth-order valence-corrected chi connectivity index (χ4v) is 2.55. The van der Waals surface area contributed by atoms with Crippen LogP contribution in [0.4, 0.5) is 11.8 Å². The first kappa shape index (κ1) is 9.58. The number of nitrogens with zero attached hydrogens (tertiary/aromatic N) is 2. The smallest absolute Gasteiger partial charge is 0.224 e. The summed E-state index contributed by atoms with van der Waals surface area (Å²) in [6.07, 6.45) is 4.15. The Balaban J connectivity index is 1.95. The van der Waals surface area contributed by atoms with Gasteiger partial charge in [0.05, 0.1) is 0 Å². The number of aromatic nitrogens is 2. The van der Waals surface area contributed by atoms with Crippen LogP contribution < -0.4 is 11.1 Å². The lowest BCUT2D eigenvalue weighted by Gasteiger charge is -2.22. The molecule has 0 aromatic carbocycles. The Kier molecular flexibility index (Phi) is 3.08. The van der Waals surface area contributed by atoms with Crippen LogP contribution in [0, 0.1) is 0 Å². The van der Waals surface area contributed by atoms with E-state index in [1.807, 2.05) is 11.8 Å². The maximum absolute atomic E-state index is 5.57. The van der Waals surface area contributed by atoms with Crippen LogP contribution in [0.2, 0.25) is 0 Å². The Morgan fingerprint density at radius 2 is 2.50 bits per heavy atom. The van der Waals surface area contributed by atoms with Crippen molar-refractivity contribution in [2.24, 2.45) is 0 Å². The highest BCUT2D eigenvalue weighted by Gasteiger charge is 2.14. The number of thioether (sulfide) groups is 1. The molecule has 2 heterocycles. The van der Waals surface area contributed by atoms with Gasteiger partial charge in [-0.1, -0.05) is 0 Å². The molecule has 1 aromatic heterocycles. The normalized spacial score (nSPS) is 21.9. The van der Waals surface area contributed by atoms with Gasteiger partial charge in [-0.3, -0.25) is 0 Å². The lowest BCUT2D eigenvalue weighted by atomic mass is 10.2. The van der Waals surface area contributed by atoms with Crippen molar-refractivity contribution in [3.05, 3.63) is 12.3 Å². The third-order valence-corrected chi connectivity index (χ3v) is 3.39. The molecule has 76 valence electrons. The summed E-state index contributed by atoms with van der Waals surface area (Å²) in [6, 6.07) is 2.19. The van der Waals surface area contributed by atoms with Gasteiger partial charge >= 0.3 is 0 Å². The molecule has 0 aliphatic carbocycles. The second-order valence-corrected chi connectivity index (χ2v) is 4.51. The number of hydrogen-bond acceptors (Lipinski definition) is 5. The largest absolute Gasteiger partial charge is 0.384 e. The molecule has 4 nitrogen and oxygen atoms in total. The molecule has 0 amide bonds. The molecule has 1 saturated heterocycles. The van der Waals surface area contributed by atoms with Crippen molar-refractivity contribution >= 4 is 23.5 Å². The summed E-state index contributed by atoms with van der Waals surface area (Å²) in [5.41, 5.74) is 5.57. The standard InChI is InChI=1S/C9H14N4S/c10-8-3-4-11-9(13-8)12-7-2-1-5-14-6-7/h3-4,7H,1-2,5-6H2,(H3,10,11,12,13). The third-order valence-electron chi connectivity index (χ3n) is 2.17. The van der Waals surface area contributed by atoms with Crippen LogP contribution >= 0.6 is 11.8 Å². The number of nitrogens with one attached hydrogen (secondary N) is 1.